The predicted octanol–water partition coefficient (Wildman–Crippen LogP) is 2.68. The highest BCUT2D eigenvalue weighted by Gasteiger charge is 2.11. The van der Waals surface area contributed by atoms with E-state index in [9.17, 15) is 10.1 Å². The first-order valence-corrected chi connectivity index (χ1v) is 6.21. The van der Waals surface area contributed by atoms with Crippen molar-refractivity contribution in [1.29, 1.82) is 0 Å². The quantitative estimate of drug-likeness (QED) is 0.678. The van der Waals surface area contributed by atoms with Gasteiger partial charge in [-0.25, -0.2) is 9.97 Å². The Labute approximate surface area is 108 Å². The van der Waals surface area contributed by atoms with Gasteiger partial charge < -0.3 is 5.32 Å². The number of thiazole rings is 1. The molecule has 0 radical (unpaired) electrons. The van der Waals surface area contributed by atoms with Gasteiger partial charge in [-0.2, -0.15) is 0 Å². The molecular weight excluding hydrogens is 252 g/mol. The van der Waals surface area contributed by atoms with Gasteiger partial charge in [0.2, 0.25) is 0 Å². The Morgan fingerprint density at radius 3 is 2.72 bits per heavy atom. The molecule has 0 bridgehead atoms. The van der Waals surface area contributed by atoms with E-state index in [2.05, 4.69) is 15.3 Å². The molecule has 0 atom stereocenters. The lowest BCUT2D eigenvalue weighted by Crippen LogP contribution is -2.03. The summed E-state index contributed by atoms with van der Waals surface area (Å²) in [6.07, 6.45) is 0. The fourth-order valence-electron chi connectivity index (χ4n) is 1.51. The minimum absolute atomic E-state index is 0.0366. The van der Waals surface area contributed by atoms with Crippen LogP contribution in [0.3, 0.4) is 0 Å². The van der Waals surface area contributed by atoms with Crippen molar-refractivity contribution in [2.45, 2.75) is 20.4 Å². The largest absolute Gasteiger partial charge is 0.365 e. The number of aryl methyl sites for hydroxylation is 2. The lowest BCUT2D eigenvalue weighted by Gasteiger charge is -2.05. The number of nitrogens with one attached hydrogen (secondary N) is 1. The first-order valence-electron chi connectivity index (χ1n) is 5.33. The molecule has 0 aliphatic rings. The second-order valence-electron chi connectivity index (χ2n) is 3.77. The number of hydrogen-bond donors (Lipinski definition) is 1. The van der Waals surface area contributed by atoms with Crippen molar-refractivity contribution < 1.29 is 4.92 Å². The van der Waals surface area contributed by atoms with Gasteiger partial charge in [0.05, 0.1) is 22.7 Å². The van der Waals surface area contributed by atoms with Crippen LogP contribution in [0.4, 0.5) is 11.5 Å². The lowest BCUT2D eigenvalue weighted by atomic mass is 10.3. The number of anilines is 1. The first kappa shape index (κ1) is 12.4. The normalized spacial score (nSPS) is 10.3. The second-order valence-corrected chi connectivity index (χ2v) is 4.71. The zero-order valence-corrected chi connectivity index (χ0v) is 10.8. The summed E-state index contributed by atoms with van der Waals surface area (Å²) in [5.74, 6) is 0.630. The summed E-state index contributed by atoms with van der Waals surface area (Å²) in [4.78, 5) is 19.7. The third kappa shape index (κ3) is 2.62. The molecule has 2 rings (SSSR count). The number of nitro groups is 1. The summed E-state index contributed by atoms with van der Waals surface area (Å²) in [5, 5.41) is 13.8. The van der Waals surface area contributed by atoms with Crippen LogP contribution in [0, 0.1) is 24.0 Å². The number of rotatable bonds is 4. The molecule has 2 aromatic heterocycles. The summed E-state index contributed by atoms with van der Waals surface area (Å²) in [7, 11) is 0. The average molecular weight is 264 g/mol. The molecular formula is C11H12N4O2S. The van der Waals surface area contributed by atoms with Crippen LogP contribution in [0.2, 0.25) is 0 Å². The molecule has 2 aromatic rings. The van der Waals surface area contributed by atoms with Gasteiger partial charge in [-0.3, -0.25) is 10.1 Å². The van der Waals surface area contributed by atoms with E-state index in [1.807, 2.05) is 6.92 Å². The highest BCUT2D eigenvalue weighted by Crippen LogP contribution is 2.19. The van der Waals surface area contributed by atoms with Crippen LogP contribution in [0.5, 0.6) is 0 Å². The van der Waals surface area contributed by atoms with Crippen LogP contribution in [-0.4, -0.2) is 14.9 Å². The Morgan fingerprint density at radius 1 is 1.39 bits per heavy atom. The van der Waals surface area contributed by atoms with Crippen LogP contribution in [0.25, 0.3) is 0 Å². The number of aromatic nitrogens is 2. The van der Waals surface area contributed by atoms with Gasteiger partial charge in [-0.1, -0.05) is 0 Å². The van der Waals surface area contributed by atoms with Crippen molar-refractivity contribution in [3.8, 4) is 0 Å². The van der Waals surface area contributed by atoms with Gasteiger partial charge in [-0.15, -0.1) is 11.3 Å². The van der Waals surface area contributed by atoms with E-state index in [4.69, 9.17) is 0 Å². The molecule has 2 heterocycles. The highest BCUT2D eigenvalue weighted by atomic mass is 32.1. The Morgan fingerprint density at radius 2 is 2.17 bits per heavy atom. The van der Waals surface area contributed by atoms with Gasteiger partial charge in [0.25, 0.3) is 5.69 Å². The summed E-state index contributed by atoms with van der Waals surface area (Å²) in [6.45, 7) is 4.20. The summed E-state index contributed by atoms with van der Waals surface area (Å²) in [6, 6.07) is 3.08. The van der Waals surface area contributed by atoms with Crippen molar-refractivity contribution in [2.24, 2.45) is 0 Å². The van der Waals surface area contributed by atoms with Gasteiger partial charge in [-0.05, 0) is 19.9 Å². The summed E-state index contributed by atoms with van der Waals surface area (Å²) >= 11 is 1.57. The molecule has 0 amide bonds. The summed E-state index contributed by atoms with van der Waals surface area (Å²) < 4.78 is 0. The van der Waals surface area contributed by atoms with Crippen molar-refractivity contribution in [3.05, 3.63) is 44.0 Å². The van der Waals surface area contributed by atoms with Crippen LogP contribution in [0.1, 0.15) is 16.3 Å². The maximum absolute atomic E-state index is 10.7. The third-order valence-corrected chi connectivity index (χ3v) is 3.46. The minimum Gasteiger partial charge on any atom is -0.365 e. The van der Waals surface area contributed by atoms with Gasteiger partial charge in [0, 0.05) is 10.9 Å². The van der Waals surface area contributed by atoms with Gasteiger partial charge in [0.1, 0.15) is 11.5 Å². The molecule has 0 fully saturated rings. The Hall–Kier alpha value is -2.02. The topological polar surface area (TPSA) is 81.0 Å². The molecule has 94 valence electrons. The Bertz CT molecular complexity index is 582. The molecule has 18 heavy (non-hydrogen) atoms. The molecule has 0 spiro atoms. The van der Waals surface area contributed by atoms with Gasteiger partial charge in [0.15, 0.2) is 0 Å². The van der Waals surface area contributed by atoms with E-state index in [1.54, 1.807) is 29.8 Å². The minimum atomic E-state index is -0.431. The highest BCUT2D eigenvalue weighted by molar-refractivity contribution is 7.09. The van der Waals surface area contributed by atoms with E-state index in [1.165, 1.54) is 6.07 Å². The van der Waals surface area contributed by atoms with Crippen LogP contribution in [-0.2, 0) is 6.54 Å². The van der Waals surface area contributed by atoms with Crippen molar-refractivity contribution in [2.75, 3.05) is 5.32 Å². The lowest BCUT2D eigenvalue weighted by molar-refractivity contribution is -0.385. The maximum atomic E-state index is 10.7. The Balaban J connectivity index is 2.09. The zero-order valence-electron chi connectivity index (χ0n) is 10.0. The van der Waals surface area contributed by atoms with Crippen molar-refractivity contribution in [1.82, 2.24) is 9.97 Å². The number of hydrogen-bond acceptors (Lipinski definition) is 6. The SMILES string of the molecule is Cc1nc(NCc2scnc2C)ccc1[N+](=O)[O-]. The average Bonchev–Trinajstić information content (AvgIpc) is 2.72. The molecule has 6 nitrogen and oxygen atoms in total. The van der Waals surface area contributed by atoms with E-state index >= 15 is 0 Å². The van der Waals surface area contributed by atoms with E-state index in [-0.39, 0.29) is 5.69 Å². The molecule has 0 saturated carbocycles. The van der Waals surface area contributed by atoms with Crippen LogP contribution in [0.15, 0.2) is 17.6 Å². The molecule has 0 aromatic carbocycles. The van der Waals surface area contributed by atoms with E-state index in [0.29, 0.717) is 18.1 Å². The molecule has 0 aliphatic heterocycles. The van der Waals surface area contributed by atoms with Gasteiger partial charge >= 0.3 is 0 Å². The van der Waals surface area contributed by atoms with Crippen molar-refractivity contribution in [3.63, 3.8) is 0 Å². The molecule has 7 heteroatoms. The Kier molecular flexibility index (Phi) is 3.52. The fraction of sp³-hybridized carbons (Fsp3) is 0.273. The second kappa shape index (κ2) is 5.09. The standard InChI is InChI=1S/C11H12N4O2S/c1-7-9(15(16)17)3-4-11(14-7)12-5-10-8(2)13-6-18-10/h3-4,6H,5H2,1-2H3,(H,12,14). The fourth-order valence-corrected chi connectivity index (χ4v) is 2.23. The smallest absolute Gasteiger partial charge is 0.290 e. The van der Waals surface area contributed by atoms with E-state index < -0.39 is 4.92 Å². The molecule has 0 aliphatic carbocycles. The predicted molar refractivity (Wildman–Crippen MR) is 69.8 cm³/mol. The van der Waals surface area contributed by atoms with Crippen LogP contribution >= 0.6 is 11.3 Å². The monoisotopic (exact) mass is 264 g/mol. The third-order valence-electron chi connectivity index (χ3n) is 2.53. The number of nitrogens with zero attached hydrogens (tertiary/aromatic N) is 3. The zero-order chi connectivity index (χ0) is 13.1. The maximum Gasteiger partial charge on any atom is 0.290 e. The molecule has 0 saturated heterocycles. The molecule has 0 unspecified atom stereocenters. The summed E-state index contributed by atoms with van der Waals surface area (Å²) in [5.41, 5.74) is 3.23. The first-order chi connectivity index (χ1) is 8.58. The van der Waals surface area contributed by atoms with Crippen LogP contribution < -0.4 is 5.32 Å². The van der Waals surface area contributed by atoms with E-state index in [0.717, 1.165) is 10.6 Å². The van der Waals surface area contributed by atoms with Crippen molar-refractivity contribution >= 4 is 22.8 Å². The molecule has 1 N–H and O–H groups in total. The number of pyridine rings is 1.